The Morgan fingerprint density at radius 2 is 1.03 bits per heavy atom. The zero-order valence-electron chi connectivity index (χ0n) is 21.6. The molecule has 4 aromatic carbocycles. The molecule has 0 radical (unpaired) electrons. The monoisotopic (exact) mass is 1530 g/mol. The van der Waals surface area contributed by atoms with Crippen LogP contribution in [0.3, 0.4) is 0 Å². The van der Waals surface area contributed by atoms with E-state index in [1.165, 1.54) is 37.9 Å². The Hall–Kier alpha value is 3.63. The predicted molar refractivity (Wildman–Crippen MR) is 165 cm³/mol. The number of alkyl halides is 6. The van der Waals surface area contributed by atoms with E-state index in [1.54, 1.807) is 19.7 Å². The molecular weight excluding hydrogens is 1500 g/mol. The normalized spacial score (nSPS) is 12.5. The minimum absolute atomic E-state index is 0.0431. The summed E-state index contributed by atoms with van der Waals surface area (Å²) in [6.45, 7) is 3.11. The molecule has 0 fully saturated rings. The molecule has 0 amide bonds. The molecule has 0 aliphatic heterocycles. The van der Waals surface area contributed by atoms with Crippen LogP contribution in [0, 0.1) is 32.1 Å². The number of hydrogen-bond donors (Lipinski definition) is 3. The van der Waals surface area contributed by atoms with Gasteiger partial charge in [-0.25, -0.2) is 0 Å². The molecule has 0 unspecified atom stereocenters. The third kappa shape index (κ3) is 5.61. The average Bonchev–Trinajstić information content (AvgIpc) is 2.92. The summed E-state index contributed by atoms with van der Waals surface area (Å²) in [4.78, 5) is 14.5. The van der Waals surface area contributed by atoms with Gasteiger partial charge in [0.2, 0.25) is 0 Å². The van der Waals surface area contributed by atoms with Gasteiger partial charge in [-0.3, -0.25) is 0 Å². The summed E-state index contributed by atoms with van der Waals surface area (Å²) in [6.07, 6.45) is 0. The Kier molecular flexibility index (Phi) is 13.5. The van der Waals surface area contributed by atoms with Crippen molar-refractivity contribution in [2.75, 3.05) is 47.2 Å². The molecule has 3 nitrogen and oxygen atoms in total. The van der Waals surface area contributed by atoms with Crippen molar-refractivity contribution in [3.63, 3.8) is 0 Å². The molecule has 4 rings (SSSR count). The molecule has 0 saturated carbocycles. The number of rotatable bonds is 8. The van der Waals surface area contributed by atoms with Crippen LogP contribution < -0.4 is 138 Å². The van der Waals surface area contributed by atoms with Gasteiger partial charge in [-0.1, -0.05) is 0 Å². The van der Waals surface area contributed by atoms with E-state index in [9.17, 15) is 5.11 Å². The van der Waals surface area contributed by atoms with Crippen molar-refractivity contribution in [2.45, 2.75) is 6.92 Å². The number of nitrogen functional groups attached to an aromatic ring is 1. The summed E-state index contributed by atoms with van der Waals surface area (Å²) >= 11 is 6.67. The maximum atomic E-state index is 12.0. The standard InChI is InChI=1S/C26H27I9N2O/c1-8-37-25-12-9-10(18(30-2)20(32-4)14(12)21(33-5)22(34-6)17(25)29)11-13(26(38)16(9)28)15(27)24(36)23(35-7)19(11)31-3/h37-38H,8,36H2,1-7H3/q-6. The summed E-state index contributed by atoms with van der Waals surface area (Å²) in [5.74, 6) is 0.432. The number of nitrogens with one attached hydrogen (secondary N) is 1. The van der Waals surface area contributed by atoms with Crippen LogP contribution in [0.15, 0.2) is 0 Å². The van der Waals surface area contributed by atoms with E-state index in [0.29, 0.717) is 5.75 Å². The minimum atomic E-state index is -0.219. The first-order valence-corrected chi connectivity index (χ1v) is 33.7. The van der Waals surface area contributed by atoms with E-state index in [-0.39, 0.29) is 127 Å². The predicted octanol–water partition coefficient (Wildman–Crippen LogP) is -12.0. The van der Waals surface area contributed by atoms with E-state index >= 15 is 0 Å². The van der Waals surface area contributed by atoms with Crippen molar-refractivity contribution in [1.82, 2.24) is 0 Å². The number of anilines is 2. The molecule has 0 aliphatic carbocycles. The second-order valence-electron chi connectivity index (χ2n) is 7.88. The number of aromatic hydroxyl groups is 1. The molecule has 0 saturated heterocycles. The van der Waals surface area contributed by atoms with Gasteiger partial charge in [0, 0.05) is 0 Å². The Labute approximate surface area is 328 Å². The molecule has 12 heteroatoms. The Balaban J connectivity index is 2.59. The molecule has 0 aliphatic rings. The molecule has 38 heavy (non-hydrogen) atoms. The van der Waals surface area contributed by atoms with Gasteiger partial charge >= 0.3 is 336 Å². The van der Waals surface area contributed by atoms with Crippen molar-refractivity contribution in [1.29, 1.82) is 0 Å². The maximum absolute atomic E-state index is 12.0. The van der Waals surface area contributed by atoms with Gasteiger partial charge in [-0.15, -0.1) is 0 Å². The number of benzene rings is 4. The fourth-order valence-electron chi connectivity index (χ4n) is 4.79. The number of fused-ring (bicyclic) bond motifs is 5. The molecule has 0 heterocycles. The number of hydrogen-bond acceptors (Lipinski definition) is 3. The van der Waals surface area contributed by atoms with Crippen molar-refractivity contribution < 1.29 is 132 Å². The van der Waals surface area contributed by atoms with Crippen LogP contribution in [0.1, 0.15) is 6.92 Å². The van der Waals surface area contributed by atoms with Crippen LogP contribution in [0.4, 0.5) is 11.4 Å². The zero-order valence-corrected chi connectivity index (χ0v) is 41.1. The van der Waals surface area contributed by atoms with Crippen LogP contribution in [0.25, 0.3) is 32.3 Å². The van der Waals surface area contributed by atoms with Crippen LogP contribution in [-0.4, -0.2) is 41.2 Å². The van der Waals surface area contributed by atoms with Crippen LogP contribution in [0.5, 0.6) is 5.75 Å². The Morgan fingerprint density at radius 1 is 0.579 bits per heavy atom. The second-order valence-corrected chi connectivity index (χ2v) is 24.1. The van der Waals surface area contributed by atoms with Crippen molar-refractivity contribution >= 4 is 111 Å². The summed E-state index contributed by atoms with van der Waals surface area (Å²) < 4.78 is 13.1. The molecule has 0 spiro atoms. The topological polar surface area (TPSA) is 58.3 Å². The summed E-state index contributed by atoms with van der Waals surface area (Å²) in [7, 11) is 0. The number of phenolic OH excluding ortho intramolecular Hbond substituents is 1. The number of halogens is 9. The zero-order chi connectivity index (χ0) is 28.0. The SMILES string of the molecule is CCNc1c(I)c([I-]C)c([I-]C)c2c([I-]C)c([I-]C)c3c4c([I-]C)c([I-]C)c(N)c(I)c4c(O)c(I)c3c12. The van der Waals surface area contributed by atoms with Gasteiger partial charge in [-0.05, 0) is 0 Å². The second kappa shape index (κ2) is 14.8. The first kappa shape index (κ1) is 34.5. The van der Waals surface area contributed by atoms with Crippen molar-refractivity contribution in [3.05, 3.63) is 32.1 Å². The molecule has 0 aromatic heterocycles. The molecule has 4 N–H and O–H groups in total. The first-order valence-electron chi connectivity index (χ1n) is 11.0. The fourth-order valence-corrected chi connectivity index (χ4v) is 28.6. The Morgan fingerprint density at radius 3 is 1.53 bits per heavy atom. The van der Waals surface area contributed by atoms with Gasteiger partial charge < -0.3 is 0 Å². The number of phenols is 1. The van der Waals surface area contributed by atoms with E-state index in [4.69, 9.17) is 5.73 Å². The summed E-state index contributed by atoms with van der Waals surface area (Å²) in [6, 6.07) is 0. The van der Waals surface area contributed by atoms with Crippen molar-refractivity contribution in [2.24, 2.45) is 0 Å². The van der Waals surface area contributed by atoms with Crippen LogP contribution in [0.2, 0.25) is 0 Å². The van der Waals surface area contributed by atoms with E-state index < -0.39 is 0 Å². The van der Waals surface area contributed by atoms with Crippen LogP contribution >= 0.6 is 67.8 Å². The quantitative estimate of drug-likeness (QED) is 0.0411. The van der Waals surface area contributed by atoms with Gasteiger partial charge in [0.25, 0.3) is 0 Å². The third-order valence-corrected chi connectivity index (χ3v) is 26.6. The van der Waals surface area contributed by atoms with Crippen molar-refractivity contribution in [3.8, 4) is 5.75 Å². The fraction of sp³-hybridized carbons (Fsp3) is 0.308. The molecule has 0 atom stereocenters. The Bertz CT molecular complexity index is 1610. The van der Waals surface area contributed by atoms with E-state index in [2.05, 4.69) is 110 Å². The van der Waals surface area contributed by atoms with Gasteiger partial charge in [0.15, 0.2) is 0 Å². The average molecular weight is 1530 g/mol. The van der Waals surface area contributed by atoms with Gasteiger partial charge in [0.1, 0.15) is 0 Å². The molecule has 0 bridgehead atoms. The first-order chi connectivity index (χ1) is 18.2. The molecule has 216 valence electrons. The van der Waals surface area contributed by atoms with Crippen LogP contribution in [-0.2, 0) is 0 Å². The van der Waals surface area contributed by atoms with Gasteiger partial charge in [0.05, 0.1) is 0 Å². The molecule has 4 aromatic rings. The number of nitrogens with two attached hydrogens (primary N) is 1. The summed E-state index contributed by atoms with van der Waals surface area (Å²) in [5, 5.41) is 23.9. The third-order valence-electron chi connectivity index (χ3n) is 6.21. The van der Waals surface area contributed by atoms with Gasteiger partial charge in [-0.2, -0.15) is 0 Å². The van der Waals surface area contributed by atoms with E-state index in [1.807, 2.05) is 0 Å². The summed E-state index contributed by atoms with van der Waals surface area (Å²) in [5.41, 5.74) is 9.03. The van der Waals surface area contributed by atoms with E-state index in [0.717, 1.165) is 24.8 Å². The molecular formula is C26H27I9N2O-6.